The molecule has 6 rings (SSSR count). The first kappa shape index (κ1) is 30.5. The standard InChI is InChI=1S/C30H22Cl2F2N4O4S2/c31-19-10-18(11-20(32)13-19)21-12-17(4-5-23(21)33)28-22(7-16-3-6-27(24(34)8-16)44(35,41)42)26(9-15-1-2-15)38(37-28)30-36-25(14-43-30)29(39)40/h3-6,8,10-15H,1-2,7,9H2,(H3-,35,39,40,41,42)/p+1. The van der Waals surface area contributed by atoms with Crippen LogP contribution >= 0.6 is 34.5 Å². The summed E-state index contributed by atoms with van der Waals surface area (Å²) < 4.78 is 53.3. The molecule has 0 radical (unpaired) electrons. The molecule has 1 saturated carbocycles. The number of carboxylic acids is 1. The first-order valence-electron chi connectivity index (χ1n) is 13.3. The predicted octanol–water partition coefficient (Wildman–Crippen LogP) is 7.69. The van der Waals surface area contributed by atoms with Crippen LogP contribution in [-0.2, 0) is 27.5 Å². The minimum Gasteiger partial charge on any atom is -0.476 e. The van der Waals surface area contributed by atoms with E-state index < -0.39 is 32.9 Å². The summed E-state index contributed by atoms with van der Waals surface area (Å²) in [5, 5.41) is 22.1. The molecule has 2 heterocycles. The fraction of sp³-hybridized carbons (Fsp3) is 0.167. The molecular formula is C30H23Cl2F2N4O4S2+. The van der Waals surface area contributed by atoms with Crippen LogP contribution in [0.2, 0.25) is 10.0 Å². The quantitative estimate of drug-likeness (QED) is 0.137. The topological polar surface area (TPSA) is 131 Å². The van der Waals surface area contributed by atoms with E-state index in [9.17, 15) is 23.1 Å². The normalized spacial score (nSPS) is 14.5. The Morgan fingerprint density at radius 3 is 2.39 bits per heavy atom. The lowest BCUT2D eigenvalue weighted by atomic mass is 9.95. The molecular weight excluding hydrogens is 653 g/mol. The van der Waals surface area contributed by atoms with Crippen molar-refractivity contribution in [3.8, 4) is 27.5 Å². The number of aromatic nitrogens is 3. The number of benzene rings is 3. The van der Waals surface area contributed by atoms with Gasteiger partial charge in [0.15, 0.2) is 11.5 Å². The molecule has 44 heavy (non-hydrogen) atoms. The number of nitrogens with two attached hydrogens (primary N) is 1. The maximum atomic E-state index is 15.2. The lowest BCUT2D eigenvalue weighted by molar-refractivity contribution is 0.0691. The van der Waals surface area contributed by atoms with Gasteiger partial charge in [-0.2, -0.15) is 9.65 Å². The highest BCUT2D eigenvalue weighted by atomic mass is 35.5. The zero-order valence-corrected chi connectivity index (χ0v) is 25.8. The number of hydrogen-bond acceptors (Lipinski definition) is 5. The first-order chi connectivity index (χ1) is 20.9. The van der Waals surface area contributed by atoms with E-state index in [0.717, 1.165) is 35.9 Å². The molecule has 14 heteroatoms. The first-order valence-corrected chi connectivity index (χ1v) is 16.5. The summed E-state index contributed by atoms with van der Waals surface area (Å²) >= 11 is 13.5. The predicted molar refractivity (Wildman–Crippen MR) is 166 cm³/mol. The van der Waals surface area contributed by atoms with E-state index in [-0.39, 0.29) is 17.7 Å². The van der Waals surface area contributed by atoms with Gasteiger partial charge in [-0.15, -0.1) is 16.5 Å². The van der Waals surface area contributed by atoms with Gasteiger partial charge in [0.2, 0.25) is 10.0 Å². The van der Waals surface area contributed by atoms with Crippen LogP contribution in [0.5, 0.6) is 0 Å². The summed E-state index contributed by atoms with van der Waals surface area (Å²) in [6.07, 6.45) is 2.74. The number of aromatic carboxylic acids is 1. The second-order valence-corrected chi connectivity index (χ2v) is 13.8. The van der Waals surface area contributed by atoms with E-state index in [0.29, 0.717) is 55.5 Å². The highest BCUT2D eigenvalue weighted by Gasteiger charge is 2.31. The second kappa shape index (κ2) is 11.8. The Labute approximate surface area is 265 Å². The average molecular weight is 677 g/mol. The molecule has 2 aromatic heterocycles. The zero-order chi connectivity index (χ0) is 31.3. The maximum absolute atomic E-state index is 15.2. The van der Waals surface area contributed by atoms with E-state index in [1.807, 2.05) is 0 Å². The zero-order valence-electron chi connectivity index (χ0n) is 22.6. The Balaban J connectivity index is 1.55. The number of nitrogens with zero attached hydrogens (tertiary/aromatic N) is 3. The Hall–Kier alpha value is -3.52. The molecule has 3 aromatic carbocycles. The summed E-state index contributed by atoms with van der Waals surface area (Å²) in [6.45, 7) is 0. The van der Waals surface area contributed by atoms with E-state index >= 15 is 4.39 Å². The molecule has 0 aliphatic heterocycles. The van der Waals surface area contributed by atoms with Crippen LogP contribution in [0.15, 0.2) is 64.9 Å². The molecule has 0 saturated heterocycles. The summed E-state index contributed by atoms with van der Waals surface area (Å²) in [5.41, 5.74) is 3.47. The van der Waals surface area contributed by atoms with Gasteiger partial charge in [-0.1, -0.05) is 29.3 Å². The maximum Gasteiger partial charge on any atom is 0.355 e. The van der Waals surface area contributed by atoms with E-state index in [1.165, 1.54) is 23.6 Å². The van der Waals surface area contributed by atoms with Crippen molar-refractivity contribution in [3.63, 3.8) is 0 Å². The van der Waals surface area contributed by atoms with Crippen LogP contribution < -0.4 is 5.14 Å². The molecule has 1 unspecified atom stereocenters. The van der Waals surface area contributed by atoms with Crippen LogP contribution in [0.1, 0.15) is 40.2 Å². The number of rotatable bonds is 9. The number of halogens is 4. The van der Waals surface area contributed by atoms with Gasteiger partial charge < -0.3 is 5.11 Å². The number of thiazole rings is 1. The third-order valence-electron chi connectivity index (χ3n) is 7.27. The van der Waals surface area contributed by atoms with Crippen molar-refractivity contribution in [2.24, 2.45) is 11.1 Å². The van der Waals surface area contributed by atoms with Gasteiger partial charge in [0, 0.05) is 44.6 Å². The van der Waals surface area contributed by atoms with Gasteiger partial charge in [0.25, 0.3) is 0 Å². The third kappa shape index (κ3) is 6.32. The molecule has 5 aromatic rings. The Morgan fingerprint density at radius 1 is 1.05 bits per heavy atom. The molecule has 1 aliphatic rings. The molecule has 0 spiro atoms. The minimum absolute atomic E-state index is 0.130. The van der Waals surface area contributed by atoms with Crippen molar-refractivity contribution >= 4 is 50.9 Å². The monoisotopic (exact) mass is 675 g/mol. The molecule has 4 N–H and O–H groups in total. The van der Waals surface area contributed by atoms with E-state index in [1.54, 1.807) is 35.0 Å². The Bertz CT molecular complexity index is 1970. The van der Waals surface area contributed by atoms with E-state index in [4.69, 9.17) is 33.4 Å². The van der Waals surface area contributed by atoms with Gasteiger partial charge in [0.1, 0.15) is 5.82 Å². The fourth-order valence-electron chi connectivity index (χ4n) is 5.02. The molecule has 8 nitrogen and oxygen atoms in total. The van der Waals surface area contributed by atoms with Gasteiger partial charge in [-0.3, -0.25) is 0 Å². The Kier molecular flexibility index (Phi) is 8.16. The van der Waals surface area contributed by atoms with E-state index in [2.05, 4.69) is 4.98 Å². The molecule has 226 valence electrons. The van der Waals surface area contributed by atoms with Crippen LogP contribution in [0.4, 0.5) is 8.78 Å². The third-order valence-corrected chi connectivity index (χ3v) is 9.48. The van der Waals surface area contributed by atoms with Crippen LogP contribution in [0.25, 0.3) is 27.5 Å². The van der Waals surface area contributed by atoms with Crippen molar-refractivity contribution in [2.75, 3.05) is 0 Å². The van der Waals surface area contributed by atoms with Crippen molar-refractivity contribution in [1.82, 2.24) is 14.8 Å². The second-order valence-electron chi connectivity index (χ2n) is 10.5. The van der Waals surface area contributed by atoms with Crippen LogP contribution in [-0.4, -0.2) is 30.4 Å². The van der Waals surface area contributed by atoms with Crippen LogP contribution in [0, 0.1) is 17.6 Å². The molecule has 1 fully saturated rings. The van der Waals surface area contributed by atoms with Gasteiger partial charge in [-0.05, 0) is 83.0 Å². The average Bonchev–Trinajstić information content (AvgIpc) is 3.50. The molecule has 0 amide bonds. The lowest BCUT2D eigenvalue weighted by Crippen LogP contribution is -2.22. The lowest BCUT2D eigenvalue weighted by Gasteiger charge is -2.11. The Morgan fingerprint density at radius 2 is 1.77 bits per heavy atom. The van der Waals surface area contributed by atoms with Gasteiger partial charge in [-0.25, -0.2) is 23.2 Å². The van der Waals surface area contributed by atoms with Crippen molar-refractivity contribution in [3.05, 3.63) is 104 Å². The molecule has 1 atom stereocenters. The van der Waals surface area contributed by atoms with Crippen molar-refractivity contribution < 1.29 is 27.4 Å². The molecule has 0 bridgehead atoms. The number of hydrogen-bond donors (Lipinski definition) is 3. The SMILES string of the molecule is N[S+](=O)(O)c1ccc(Cc2c(-c3ccc(F)c(-c4cc(Cl)cc(Cl)c4)c3)nn(-c3nc(C(=O)O)cs3)c2CC2CC2)cc1F. The van der Waals surface area contributed by atoms with Crippen molar-refractivity contribution in [2.45, 2.75) is 30.6 Å². The summed E-state index contributed by atoms with van der Waals surface area (Å²) in [4.78, 5) is 15.4. The molecule has 1 aliphatic carbocycles. The summed E-state index contributed by atoms with van der Waals surface area (Å²) in [5.74, 6) is -2.25. The van der Waals surface area contributed by atoms with Crippen molar-refractivity contribution in [1.29, 1.82) is 0 Å². The van der Waals surface area contributed by atoms with Gasteiger partial charge >= 0.3 is 16.4 Å². The minimum atomic E-state index is -4.02. The smallest absolute Gasteiger partial charge is 0.355 e. The highest BCUT2D eigenvalue weighted by Crippen LogP contribution is 2.39. The largest absolute Gasteiger partial charge is 0.476 e. The number of carbonyl (C=O) groups is 1. The fourth-order valence-corrected chi connectivity index (χ4v) is 6.92. The summed E-state index contributed by atoms with van der Waals surface area (Å²) in [7, 11) is -4.02. The van der Waals surface area contributed by atoms with Crippen LogP contribution in [0.3, 0.4) is 0 Å². The summed E-state index contributed by atoms with van der Waals surface area (Å²) in [6, 6.07) is 13.1. The van der Waals surface area contributed by atoms with Gasteiger partial charge in [0.05, 0.1) is 11.4 Å². The number of carboxylic acid groups (broad SMARTS) is 1. The highest BCUT2D eigenvalue weighted by molar-refractivity contribution is 7.95.